The van der Waals surface area contributed by atoms with Gasteiger partial charge in [-0.1, -0.05) is 27.7 Å². The van der Waals surface area contributed by atoms with Gasteiger partial charge in [0.05, 0.1) is 12.0 Å². The van der Waals surface area contributed by atoms with Crippen LogP contribution in [0, 0.1) is 11.3 Å². The van der Waals surface area contributed by atoms with Crippen LogP contribution in [-0.4, -0.2) is 29.6 Å². The summed E-state index contributed by atoms with van der Waals surface area (Å²) in [6.45, 7) is 7.88. The van der Waals surface area contributed by atoms with Gasteiger partial charge in [-0.05, 0) is 18.3 Å². The predicted octanol–water partition coefficient (Wildman–Crippen LogP) is 0.977. The molecule has 4 N–H and O–H groups in total. The minimum absolute atomic E-state index is 0.0827. The Morgan fingerprint density at radius 2 is 1.88 bits per heavy atom. The zero-order valence-corrected chi connectivity index (χ0v) is 11.1. The summed E-state index contributed by atoms with van der Waals surface area (Å²) in [5.41, 5.74) is 5.46. The molecule has 0 aromatic heterocycles. The largest absolute Gasteiger partial charge is 0.481 e. The Balaban J connectivity index is 4.29. The number of carbonyl (C=O) groups is 2. The Morgan fingerprint density at radius 3 is 2.24 bits per heavy atom. The average Bonchev–Trinajstić information content (AvgIpc) is 2.20. The van der Waals surface area contributed by atoms with Crippen LogP contribution in [0.15, 0.2) is 0 Å². The van der Waals surface area contributed by atoms with Crippen LogP contribution in [0.4, 0.5) is 0 Å². The maximum Gasteiger partial charge on any atom is 0.308 e. The summed E-state index contributed by atoms with van der Waals surface area (Å²) in [5, 5.41) is 11.7. The maximum absolute atomic E-state index is 11.4. The van der Waals surface area contributed by atoms with Gasteiger partial charge in [0.15, 0.2) is 0 Å². The zero-order chi connectivity index (χ0) is 13.6. The van der Waals surface area contributed by atoms with E-state index in [2.05, 4.69) is 5.32 Å². The highest BCUT2D eigenvalue weighted by molar-refractivity contribution is 5.82. The van der Waals surface area contributed by atoms with Gasteiger partial charge in [0.25, 0.3) is 0 Å². The monoisotopic (exact) mass is 244 g/mol. The van der Waals surface area contributed by atoms with Crippen LogP contribution in [-0.2, 0) is 9.59 Å². The van der Waals surface area contributed by atoms with Gasteiger partial charge in [0, 0.05) is 6.54 Å². The Bertz CT molecular complexity index is 271. The van der Waals surface area contributed by atoms with E-state index in [0.717, 1.165) is 0 Å². The molecule has 0 bridgehead atoms. The van der Waals surface area contributed by atoms with Crippen molar-refractivity contribution in [3.63, 3.8) is 0 Å². The molecule has 0 fully saturated rings. The summed E-state index contributed by atoms with van der Waals surface area (Å²) < 4.78 is 0. The fourth-order valence-electron chi connectivity index (χ4n) is 1.53. The summed E-state index contributed by atoms with van der Waals surface area (Å²) >= 11 is 0. The third kappa shape index (κ3) is 6.94. The minimum atomic E-state index is -0.884. The molecule has 0 saturated heterocycles. The summed E-state index contributed by atoms with van der Waals surface area (Å²) in [6, 6.07) is -0.556. The number of hydrogen-bond acceptors (Lipinski definition) is 3. The first-order chi connectivity index (χ1) is 7.67. The maximum atomic E-state index is 11.4. The van der Waals surface area contributed by atoms with Gasteiger partial charge in [0.2, 0.25) is 5.91 Å². The van der Waals surface area contributed by atoms with E-state index in [4.69, 9.17) is 10.8 Å². The Morgan fingerprint density at radius 1 is 1.35 bits per heavy atom. The first kappa shape index (κ1) is 15.9. The summed E-state index contributed by atoms with van der Waals surface area (Å²) in [4.78, 5) is 22.5. The molecule has 0 radical (unpaired) electrons. The average molecular weight is 244 g/mol. The second-order valence-electron chi connectivity index (χ2n) is 5.56. The number of carboxylic acids is 1. The lowest BCUT2D eigenvalue weighted by Gasteiger charge is -2.23. The molecular weight excluding hydrogens is 220 g/mol. The van der Waals surface area contributed by atoms with Crippen molar-refractivity contribution in [3.8, 4) is 0 Å². The number of rotatable bonds is 6. The van der Waals surface area contributed by atoms with Crippen molar-refractivity contribution in [1.29, 1.82) is 0 Å². The number of amides is 1. The molecule has 0 spiro atoms. The topological polar surface area (TPSA) is 92.4 Å². The third-order valence-electron chi connectivity index (χ3n) is 2.51. The van der Waals surface area contributed by atoms with Crippen LogP contribution in [0.1, 0.15) is 40.5 Å². The normalized spacial score (nSPS) is 15.1. The van der Waals surface area contributed by atoms with Crippen LogP contribution < -0.4 is 11.1 Å². The first-order valence-corrected chi connectivity index (χ1v) is 5.93. The van der Waals surface area contributed by atoms with Gasteiger partial charge in [-0.3, -0.25) is 9.59 Å². The van der Waals surface area contributed by atoms with E-state index in [-0.39, 0.29) is 17.9 Å². The van der Waals surface area contributed by atoms with E-state index >= 15 is 0 Å². The third-order valence-corrected chi connectivity index (χ3v) is 2.51. The van der Waals surface area contributed by atoms with Crippen LogP contribution >= 0.6 is 0 Å². The molecule has 1 unspecified atom stereocenters. The molecule has 2 atom stereocenters. The molecule has 0 rings (SSSR count). The number of carboxylic acid groups (broad SMARTS) is 1. The molecule has 0 aliphatic rings. The van der Waals surface area contributed by atoms with Crippen molar-refractivity contribution in [1.82, 2.24) is 5.32 Å². The van der Waals surface area contributed by atoms with E-state index in [9.17, 15) is 9.59 Å². The van der Waals surface area contributed by atoms with Crippen molar-refractivity contribution < 1.29 is 14.7 Å². The van der Waals surface area contributed by atoms with Crippen LogP contribution in [0.2, 0.25) is 0 Å². The zero-order valence-electron chi connectivity index (χ0n) is 11.1. The Hall–Kier alpha value is -1.10. The molecule has 1 amide bonds. The van der Waals surface area contributed by atoms with Crippen molar-refractivity contribution in [2.45, 2.75) is 46.6 Å². The van der Waals surface area contributed by atoms with Gasteiger partial charge >= 0.3 is 5.97 Å². The van der Waals surface area contributed by atoms with Gasteiger partial charge in [-0.25, -0.2) is 0 Å². The van der Waals surface area contributed by atoms with Crippen LogP contribution in [0.3, 0.4) is 0 Å². The minimum Gasteiger partial charge on any atom is -0.481 e. The fraction of sp³-hybridized carbons (Fsp3) is 0.833. The van der Waals surface area contributed by atoms with E-state index in [1.54, 1.807) is 0 Å². The van der Waals surface area contributed by atoms with E-state index in [1.807, 2.05) is 27.7 Å². The molecule has 0 aromatic rings. The molecule has 0 aliphatic carbocycles. The van der Waals surface area contributed by atoms with Crippen LogP contribution in [0.25, 0.3) is 0 Å². The van der Waals surface area contributed by atoms with Crippen molar-refractivity contribution in [2.24, 2.45) is 17.1 Å². The van der Waals surface area contributed by atoms with Gasteiger partial charge in [0.1, 0.15) is 0 Å². The molecular formula is C12H24N2O3. The Labute approximate surface area is 103 Å². The highest BCUT2D eigenvalue weighted by Gasteiger charge is 2.25. The van der Waals surface area contributed by atoms with Crippen LogP contribution in [0.5, 0.6) is 0 Å². The van der Waals surface area contributed by atoms with Gasteiger partial charge < -0.3 is 16.2 Å². The number of aliphatic carboxylic acids is 1. The fourth-order valence-corrected chi connectivity index (χ4v) is 1.53. The second-order valence-corrected chi connectivity index (χ2v) is 5.56. The number of hydrogen-bond donors (Lipinski definition) is 3. The van der Waals surface area contributed by atoms with Crippen molar-refractivity contribution in [3.05, 3.63) is 0 Å². The van der Waals surface area contributed by atoms with Crippen molar-refractivity contribution in [2.75, 3.05) is 6.54 Å². The van der Waals surface area contributed by atoms with E-state index in [0.29, 0.717) is 12.8 Å². The highest BCUT2D eigenvalue weighted by atomic mass is 16.4. The predicted molar refractivity (Wildman–Crippen MR) is 66.5 cm³/mol. The number of carbonyl (C=O) groups excluding carboxylic acids is 1. The van der Waals surface area contributed by atoms with Crippen molar-refractivity contribution >= 4 is 11.9 Å². The molecule has 17 heavy (non-hydrogen) atoms. The van der Waals surface area contributed by atoms with Gasteiger partial charge in [-0.15, -0.1) is 0 Å². The Kier molecular flexibility index (Phi) is 6.16. The smallest absolute Gasteiger partial charge is 0.308 e. The lowest BCUT2D eigenvalue weighted by Crippen LogP contribution is -2.43. The van der Waals surface area contributed by atoms with Gasteiger partial charge in [-0.2, -0.15) is 0 Å². The lowest BCUT2D eigenvalue weighted by atomic mass is 9.84. The lowest BCUT2D eigenvalue weighted by molar-refractivity contribution is -0.142. The molecule has 0 heterocycles. The molecule has 5 nitrogen and oxygen atoms in total. The van der Waals surface area contributed by atoms with E-state index in [1.165, 1.54) is 0 Å². The molecule has 0 saturated carbocycles. The summed E-state index contributed by atoms with van der Waals surface area (Å²) in [7, 11) is 0. The molecule has 100 valence electrons. The standard InChI is InChI=1S/C12H24N2O3/c1-5-9(13)10(15)14-7-8(11(16)17)6-12(2,3)4/h8-9H,5-7,13H2,1-4H3,(H,14,15)(H,16,17)/t8?,9-/m1/s1. The summed E-state index contributed by atoms with van der Waals surface area (Å²) in [6.07, 6.45) is 1.06. The quantitative estimate of drug-likeness (QED) is 0.649. The molecule has 0 aromatic carbocycles. The summed E-state index contributed by atoms with van der Waals surface area (Å²) in [5.74, 6) is -1.74. The molecule has 5 heteroatoms. The molecule has 0 aliphatic heterocycles. The SMILES string of the molecule is CC[C@@H](N)C(=O)NCC(CC(C)(C)C)C(=O)O. The highest BCUT2D eigenvalue weighted by Crippen LogP contribution is 2.24. The number of nitrogens with one attached hydrogen (secondary N) is 1. The van der Waals surface area contributed by atoms with E-state index < -0.39 is 17.9 Å². The number of nitrogens with two attached hydrogens (primary N) is 1. The second kappa shape index (κ2) is 6.59. The first-order valence-electron chi connectivity index (χ1n) is 5.93.